The van der Waals surface area contributed by atoms with Crippen molar-refractivity contribution in [2.45, 2.75) is 13.8 Å². The summed E-state index contributed by atoms with van der Waals surface area (Å²) in [5.74, 6) is 0.228. The summed E-state index contributed by atoms with van der Waals surface area (Å²) in [6.07, 6.45) is 0. The molecule has 0 saturated heterocycles. The lowest BCUT2D eigenvalue weighted by atomic mass is 10.1. The number of rotatable bonds is 6. The first kappa shape index (κ1) is 16.5. The van der Waals surface area contributed by atoms with Crippen molar-refractivity contribution in [2.24, 2.45) is 0 Å². The third-order valence-electron chi connectivity index (χ3n) is 3.18. The monoisotopic (exact) mass is 312 g/mol. The van der Waals surface area contributed by atoms with Gasteiger partial charge in [-0.05, 0) is 50.2 Å². The van der Waals surface area contributed by atoms with Gasteiger partial charge < -0.3 is 15.4 Å². The van der Waals surface area contributed by atoms with Crippen LogP contribution in [0.3, 0.4) is 0 Å². The molecule has 0 atom stereocenters. The molecule has 0 radical (unpaired) electrons. The lowest BCUT2D eigenvalue weighted by molar-refractivity contribution is 0.0956. The standard InChI is InChI=1S/C18H20N2O3/c1-3-19-18(22)15-7-5-6-8-16(15)20-17(21)13-9-11-14(12-10-13)23-4-2/h5-12H,3-4H2,1-2H3,(H,19,22)(H,20,21). The molecule has 0 aliphatic heterocycles. The van der Waals surface area contributed by atoms with E-state index in [4.69, 9.17) is 4.74 Å². The van der Waals surface area contributed by atoms with Crippen LogP contribution < -0.4 is 15.4 Å². The Balaban J connectivity index is 2.15. The first-order valence-electron chi connectivity index (χ1n) is 7.57. The fourth-order valence-corrected chi connectivity index (χ4v) is 2.11. The minimum absolute atomic E-state index is 0.213. The number of carbonyl (C=O) groups is 2. The molecule has 120 valence electrons. The maximum Gasteiger partial charge on any atom is 0.255 e. The Morgan fingerprint density at radius 1 is 0.957 bits per heavy atom. The minimum Gasteiger partial charge on any atom is -0.494 e. The van der Waals surface area contributed by atoms with Crippen molar-refractivity contribution in [1.29, 1.82) is 0 Å². The topological polar surface area (TPSA) is 67.4 Å². The van der Waals surface area contributed by atoms with Crippen molar-refractivity contribution >= 4 is 17.5 Å². The molecule has 2 N–H and O–H groups in total. The van der Waals surface area contributed by atoms with E-state index < -0.39 is 0 Å². The molecule has 5 nitrogen and oxygen atoms in total. The lowest BCUT2D eigenvalue weighted by Gasteiger charge is -2.11. The van der Waals surface area contributed by atoms with E-state index in [-0.39, 0.29) is 11.8 Å². The number of hydrogen-bond acceptors (Lipinski definition) is 3. The third-order valence-corrected chi connectivity index (χ3v) is 3.18. The molecule has 0 fully saturated rings. The molecular formula is C18H20N2O3. The van der Waals surface area contributed by atoms with E-state index in [0.29, 0.717) is 35.7 Å². The van der Waals surface area contributed by atoms with E-state index in [0.717, 1.165) is 0 Å². The molecule has 0 unspecified atom stereocenters. The fraction of sp³-hybridized carbons (Fsp3) is 0.222. The molecule has 0 aromatic heterocycles. The smallest absolute Gasteiger partial charge is 0.255 e. The third kappa shape index (κ3) is 4.32. The number of hydrogen-bond donors (Lipinski definition) is 2. The highest BCUT2D eigenvalue weighted by Crippen LogP contribution is 2.17. The zero-order valence-electron chi connectivity index (χ0n) is 13.3. The van der Waals surface area contributed by atoms with Crippen molar-refractivity contribution < 1.29 is 14.3 Å². The van der Waals surface area contributed by atoms with Crippen LogP contribution in [-0.2, 0) is 0 Å². The zero-order valence-corrected chi connectivity index (χ0v) is 13.3. The maximum atomic E-state index is 12.3. The molecule has 2 aromatic carbocycles. The van der Waals surface area contributed by atoms with E-state index in [1.807, 2.05) is 13.8 Å². The fourth-order valence-electron chi connectivity index (χ4n) is 2.11. The average Bonchev–Trinajstić information content (AvgIpc) is 2.56. The summed E-state index contributed by atoms with van der Waals surface area (Å²) in [4.78, 5) is 24.4. The van der Waals surface area contributed by atoms with Crippen molar-refractivity contribution in [3.63, 3.8) is 0 Å². The normalized spacial score (nSPS) is 10.0. The molecule has 0 aliphatic carbocycles. The number of anilines is 1. The molecule has 0 spiro atoms. The number of benzene rings is 2. The van der Waals surface area contributed by atoms with Gasteiger partial charge in [0.25, 0.3) is 11.8 Å². The van der Waals surface area contributed by atoms with Crippen molar-refractivity contribution in [3.05, 3.63) is 59.7 Å². The zero-order chi connectivity index (χ0) is 16.7. The highest BCUT2D eigenvalue weighted by atomic mass is 16.5. The molecular weight excluding hydrogens is 292 g/mol. The van der Waals surface area contributed by atoms with E-state index in [9.17, 15) is 9.59 Å². The van der Waals surface area contributed by atoms with E-state index in [1.54, 1.807) is 48.5 Å². The summed E-state index contributed by atoms with van der Waals surface area (Å²) in [5, 5.41) is 5.51. The van der Waals surface area contributed by atoms with Gasteiger partial charge in [-0.15, -0.1) is 0 Å². The Kier molecular flexibility index (Phi) is 5.74. The summed E-state index contributed by atoms with van der Waals surface area (Å²) in [6, 6.07) is 13.8. The number of nitrogens with one attached hydrogen (secondary N) is 2. The van der Waals surface area contributed by atoms with E-state index in [2.05, 4.69) is 10.6 Å². The number of amides is 2. The quantitative estimate of drug-likeness (QED) is 0.861. The van der Waals surface area contributed by atoms with Gasteiger partial charge in [0.2, 0.25) is 0 Å². The second-order valence-corrected chi connectivity index (χ2v) is 4.82. The summed E-state index contributed by atoms with van der Waals surface area (Å²) >= 11 is 0. The van der Waals surface area contributed by atoms with Gasteiger partial charge in [0.1, 0.15) is 5.75 Å². The highest BCUT2D eigenvalue weighted by Gasteiger charge is 2.13. The van der Waals surface area contributed by atoms with Gasteiger partial charge in [0.15, 0.2) is 0 Å². The first-order chi connectivity index (χ1) is 11.2. The Bertz CT molecular complexity index is 681. The maximum absolute atomic E-state index is 12.3. The Labute approximate surface area is 135 Å². The van der Waals surface area contributed by atoms with Gasteiger partial charge in [-0.3, -0.25) is 9.59 Å². The van der Waals surface area contributed by atoms with Gasteiger partial charge in [0, 0.05) is 12.1 Å². The molecule has 0 bridgehead atoms. The second kappa shape index (κ2) is 7.98. The second-order valence-electron chi connectivity index (χ2n) is 4.82. The molecule has 0 heterocycles. The minimum atomic E-state index is -0.273. The summed E-state index contributed by atoms with van der Waals surface area (Å²) in [7, 11) is 0. The Hall–Kier alpha value is -2.82. The van der Waals surface area contributed by atoms with Crippen LogP contribution in [0.15, 0.2) is 48.5 Å². The first-order valence-corrected chi connectivity index (χ1v) is 7.57. The molecule has 5 heteroatoms. The number of ether oxygens (including phenoxy) is 1. The number of carbonyl (C=O) groups excluding carboxylic acids is 2. The van der Waals surface area contributed by atoms with Gasteiger partial charge in [0.05, 0.1) is 17.9 Å². The van der Waals surface area contributed by atoms with Crippen molar-refractivity contribution in [2.75, 3.05) is 18.5 Å². The van der Waals surface area contributed by atoms with Crippen molar-refractivity contribution in [1.82, 2.24) is 5.32 Å². The molecule has 0 aliphatic rings. The van der Waals surface area contributed by atoms with Crippen LogP contribution in [0.5, 0.6) is 5.75 Å². The van der Waals surface area contributed by atoms with E-state index in [1.165, 1.54) is 0 Å². The van der Waals surface area contributed by atoms with Gasteiger partial charge in [-0.1, -0.05) is 12.1 Å². The summed E-state index contributed by atoms with van der Waals surface area (Å²) in [6.45, 7) is 4.85. The van der Waals surface area contributed by atoms with Crippen LogP contribution in [0.2, 0.25) is 0 Å². The molecule has 2 amide bonds. The molecule has 0 saturated carbocycles. The van der Waals surface area contributed by atoms with E-state index >= 15 is 0 Å². The largest absolute Gasteiger partial charge is 0.494 e. The lowest BCUT2D eigenvalue weighted by Crippen LogP contribution is -2.24. The van der Waals surface area contributed by atoms with Crippen LogP contribution in [0.25, 0.3) is 0 Å². The molecule has 2 aromatic rings. The van der Waals surface area contributed by atoms with Gasteiger partial charge in [-0.2, -0.15) is 0 Å². The van der Waals surface area contributed by atoms with Gasteiger partial charge >= 0.3 is 0 Å². The van der Waals surface area contributed by atoms with Crippen LogP contribution in [-0.4, -0.2) is 25.0 Å². The highest BCUT2D eigenvalue weighted by molar-refractivity contribution is 6.09. The van der Waals surface area contributed by atoms with Crippen molar-refractivity contribution in [3.8, 4) is 5.75 Å². The summed E-state index contributed by atoms with van der Waals surface area (Å²) in [5.41, 5.74) is 1.42. The SMILES string of the molecule is CCNC(=O)c1ccccc1NC(=O)c1ccc(OCC)cc1. The predicted molar refractivity (Wildman–Crippen MR) is 90.0 cm³/mol. The molecule has 2 rings (SSSR count). The predicted octanol–water partition coefficient (Wildman–Crippen LogP) is 3.09. The average molecular weight is 312 g/mol. The van der Waals surface area contributed by atoms with Crippen LogP contribution in [0.4, 0.5) is 5.69 Å². The van der Waals surface area contributed by atoms with Crippen LogP contribution in [0.1, 0.15) is 34.6 Å². The van der Waals surface area contributed by atoms with Crippen LogP contribution >= 0.6 is 0 Å². The summed E-state index contributed by atoms with van der Waals surface area (Å²) < 4.78 is 5.35. The molecule has 23 heavy (non-hydrogen) atoms. The number of para-hydroxylation sites is 1. The van der Waals surface area contributed by atoms with Crippen LogP contribution in [0, 0.1) is 0 Å². The van der Waals surface area contributed by atoms with Gasteiger partial charge in [-0.25, -0.2) is 0 Å². The Morgan fingerprint density at radius 3 is 2.30 bits per heavy atom. The Morgan fingerprint density at radius 2 is 1.65 bits per heavy atom.